The molecule has 0 radical (unpaired) electrons. The van der Waals surface area contributed by atoms with Crippen molar-refractivity contribution in [2.45, 2.75) is 65.2 Å². The summed E-state index contributed by atoms with van der Waals surface area (Å²) in [4.78, 5) is 0. The third-order valence-corrected chi connectivity index (χ3v) is 2.12. The number of hydrogen-bond acceptors (Lipinski definition) is 0. The highest BCUT2D eigenvalue weighted by Gasteiger charge is 1.83. The second kappa shape index (κ2) is 10.7. The summed E-state index contributed by atoms with van der Waals surface area (Å²) in [5, 5.41) is 0. The maximum absolute atomic E-state index is 2.35. The lowest BCUT2D eigenvalue weighted by atomic mass is 10.1. The van der Waals surface area contributed by atoms with E-state index in [1.807, 2.05) is 0 Å². The molecular weight excluding hydrogens is 144 g/mol. The van der Waals surface area contributed by atoms with E-state index in [4.69, 9.17) is 0 Å². The molecule has 0 aliphatic rings. The van der Waals surface area contributed by atoms with Gasteiger partial charge in [-0.1, -0.05) is 51.7 Å². The van der Waals surface area contributed by atoms with E-state index in [0.29, 0.717) is 0 Å². The third-order valence-electron chi connectivity index (χ3n) is 2.12. The third kappa shape index (κ3) is 9.74. The van der Waals surface area contributed by atoms with Crippen LogP contribution in [0.1, 0.15) is 65.2 Å². The number of rotatable bonds is 8. The van der Waals surface area contributed by atoms with Crippen LogP contribution in [0.15, 0.2) is 12.2 Å². The molecule has 0 spiro atoms. The first kappa shape index (κ1) is 11.7. The summed E-state index contributed by atoms with van der Waals surface area (Å²) in [5.74, 6) is 0. The van der Waals surface area contributed by atoms with Crippen LogP contribution in [0, 0.1) is 0 Å². The van der Waals surface area contributed by atoms with Crippen LogP contribution in [0.2, 0.25) is 0 Å². The molecule has 0 aliphatic carbocycles. The minimum absolute atomic E-state index is 1.29. The minimum atomic E-state index is 1.29. The summed E-state index contributed by atoms with van der Waals surface area (Å²) in [6, 6.07) is 0. The number of allylic oxidation sites excluding steroid dienone is 2. The Morgan fingerprint density at radius 3 is 1.42 bits per heavy atom. The van der Waals surface area contributed by atoms with Crippen molar-refractivity contribution in [3.05, 3.63) is 12.2 Å². The molecule has 0 aromatic heterocycles. The Bertz CT molecular complexity index is 80.2. The molecule has 0 aromatic rings. The highest BCUT2D eigenvalue weighted by molar-refractivity contribution is 4.81. The smallest absolute Gasteiger partial charge is 0.0351 e. The average molecular weight is 168 g/mol. The summed E-state index contributed by atoms with van der Waals surface area (Å²) in [6.07, 6.45) is 15.5. The standard InChI is InChI=1S/C12H24/c1-3-5-7-9-11-12-10-8-6-4-2/h11-12H,3-10H2,1-2H3. The van der Waals surface area contributed by atoms with Crippen molar-refractivity contribution in [3.63, 3.8) is 0 Å². The Hall–Kier alpha value is -0.260. The van der Waals surface area contributed by atoms with Crippen molar-refractivity contribution < 1.29 is 0 Å². The van der Waals surface area contributed by atoms with Crippen LogP contribution in [0.3, 0.4) is 0 Å². The molecule has 0 heteroatoms. The molecular formula is C12H24. The molecule has 12 heavy (non-hydrogen) atoms. The molecule has 0 aromatic carbocycles. The SMILES string of the molecule is CCCCCC=CCCCCC. The predicted molar refractivity (Wildman–Crippen MR) is 57.4 cm³/mol. The topological polar surface area (TPSA) is 0 Å². The van der Waals surface area contributed by atoms with E-state index < -0.39 is 0 Å². The van der Waals surface area contributed by atoms with Gasteiger partial charge in [-0.05, 0) is 25.7 Å². The lowest BCUT2D eigenvalue weighted by Crippen LogP contribution is -1.73. The van der Waals surface area contributed by atoms with E-state index in [0.717, 1.165) is 0 Å². The second-order valence-electron chi connectivity index (χ2n) is 3.46. The van der Waals surface area contributed by atoms with Crippen LogP contribution < -0.4 is 0 Å². The van der Waals surface area contributed by atoms with E-state index in [2.05, 4.69) is 26.0 Å². The zero-order valence-corrected chi connectivity index (χ0v) is 8.81. The van der Waals surface area contributed by atoms with E-state index in [-0.39, 0.29) is 0 Å². The van der Waals surface area contributed by atoms with E-state index in [1.165, 1.54) is 51.4 Å². The van der Waals surface area contributed by atoms with Gasteiger partial charge in [0, 0.05) is 0 Å². The largest absolute Gasteiger partial charge is 0.0885 e. The molecule has 0 saturated carbocycles. The molecule has 0 bridgehead atoms. The Kier molecular flexibility index (Phi) is 10.5. The van der Waals surface area contributed by atoms with E-state index in [9.17, 15) is 0 Å². The highest BCUT2D eigenvalue weighted by atomic mass is 13.9. The fraction of sp³-hybridized carbons (Fsp3) is 0.833. The Morgan fingerprint density at radius 1 is 0.667 bits per heavy atom. The van der Waals surface area contributed by atoms with Gasteiger partial charge in [-0.2, -0.15) is 0 Å². The molecule has 0 aliphatic heterocycles. The normalized spacial score (nSPS) is 11.2. The molecule has 0 heterocycles. The fourth-order valence-electron chi connectivity index (χ4n) is 1.26. The predicted octanol–water partition coefficient (Wildman–Crippen LogP) is 4.70. The van der Waals surface area contributed by atoms with Crippen molar-refractivity contribution in [2.24, 2.45) is 0 Å². The molecule has 0 amide bonds. The monoisotopic (exact) mass is 168 g/mol. The molecule has 0 atom stereocenters. The first-order valence-corrected chi connectivity index (χ1v) is 5.56. The van der Waals surface area contributed by atoms with Crippen molar-refractivity contribution >= 4 is 0 Å². The van der Waals surface area contributed by atoms with Gasteiger partial charge in [-0.15, -0.1) is 0 Å². The van der Waals surface area contributed by atoms with Gasteiger partial charge in [0.1, 0.15) is 0 Å². The maximum Gasteiger partial charge on any atom is -0.0351 e. The first-order chi connectivity index (χ1) is 5.91. The maximum atomic E-state index is 2.35. The van der Waals surface area contributed by atoms with Gasteiger partial charge in [0.2, 0.25) is 0 Å². The summed E-state index contributed by atoms with van der Waals surface area (Å²) in [6.45, 7) is 4.51. The van der Waals surface area contributed by atoms with Crippen molar-refractivity contribution in [1.29, 1.82) is 0 Å². The van der Waals surface area contributed by atoms with Gasteiger partial charge >= 0.3 is 0 Å². The second-order valence-corrected chi connectivity index (χ2v) is 3.46. The minimum Gasteiger partial charge on any atom is -0.0885 e. The average Bonchev–Trinajstić information content (AvgIpc) is 2.10. The molecule has 0 saturated heterocycles. The van der Waals surface area contributed by atoms with Gasteiger partial charge in [0.05, 0.1) is 0 Å². The van der Waals surface area contributed by atoms with E-state index in [1.54, 1.807) is 0 Å². The molecule has 0 N–H and O–H groups in total. The zero-order chi connectivity index (χ0) is 9.07. The van der Waals surface area contributed by atoms with Crippen LogP contribution in [-0.2, 0) is 0 Å². The molecule has 0 nitrogen and oxygen atoms in total. The Balaban J connectivity index is 2.93. The lowest BCUT2D eigenvalue weighted by Gasteiger charge is -1.93. The van der Waals surface area contributed by atoms with Crippen LogP contribution in [0.5, 0.6) is 0 Å². The van der Waals surface area contributed by atoms with Gasteiger partial charge in [-0.3, -0.25) is 0 Å². The quantitative estimate of drug-likeness (QED) is 0.364. The summed E-state index contributed by atoms with van der Waals surface area (Å²) < 4.78 is 0. The first-order valence-electron chi connectivity index (χ1n) is 5.56. The van der Waals surface area contributed by atoms with Gasteiger partial charge in [0.15, 0.2) is 0 Å². The van der Waals surface area contributed by atoms with Crippen LogP contribution >= 0.6 is 0 Å². The van der Waals surface area contributed by atoms with E-state index >= 15 is 0 Å². The van der Waals surface area contributed by atoms with Crippen molar-refractivity contribution in [3.8, 4) is 0 Å². The Morgan fingerprint density at radius 2 is 1.08 bits per heavy atom. The summed E-state index contributed by atoms with van der Waals surface area (Å²) in [7, 11) is 0. The van der Waals surface area contributed by atoms with Gasteiger partial charge < -0.3 is 0 Å². The van der Waals surface area contributed by atoms with Gasteiger partial charge in [-0.25, -0.2) is 0 Å². The fourth-order valence-corrected chi connectivity index (χ4v) is 1.26. The molecule has 0 unspecified atom stereocenters. The molecule has 0 rings (SSSR count). The zero-order valence-electron chi connectivity index (χ0n) is 8.81. The highest BCUT2D eigenvalue weighted by Crippen LogP contribution is 2.03. The van der Waals surface area contributed by atoms with Crippen LogP contribution in [0.25, 0.3) is 0 Å². The molecule has 72 valence electrons. The summed E-state index contributed by atoms with van der Waals surface area (Å²) >= 11 is 0. The van der Waals surface area contributed by atoms with Crippen molar-refractivity contribution in [2.75, 3.05) is 0 Å². The van der Waals surface area contributed by atoms with Crippen LogP contribution in [-0.4, -0.2) is 0 Å². The molecule has 0 fully saturated rings. The van der Waals surface area contributed by atoms with Crippen LogP contribution in [0.4, 0.5) is 0 Å². The van der Waals surface area contributed by atoms with Crippen molar-refractivity contribution in [1.82, 2.24) is 0 Å². The summed E-state index contributed by atoms with van der Waals surface area (Å²) in [5.41, 5.74) is 0. The number of hydrogen-bond donors (Lipinski definition) is 0. The Labute approximate surface area is 78.1 Å². The van der Waals surface area contributed by atoms with Gasteiger partial charge in [0.25, 0.3) is 0 Å². The lowest BCUT2D eigenvalue weighted by molar-refractivity contribution is 0.715. The number of unbranched alkanes of at least 4 members (excludes halogenated alkanes) is 6.